The molecule has 2 aromatic carbocycles. The monoisotopic (exact) mass is 297 g/mol. The molecule has 2 nitrogen and oxygen atoms in total. The van der Waals surface area contributed by atoms with Gasteiger partial charge in [-0.25, -0.2) is 0 Å². The maximum atomic E-state index is 12.5. The Morgan fingerprint density at radius 3 is 2.00 bits per heavy atom. The number of rotatable bonds is 2. The fourth-order valence-electron chi connectivity index (χ4n) is 2.55. The predicted octanol–water partition coefficient (Wildman–Crippen LogP) is 4.47. The number of hydrogen-bond acceptors (Lipinski definition) is 2. The molecule has 1 heterocycles. The molecule has 21 heavy (non-hydrogen) atoms. The van der Waals surface area contributed by atoms with Crippen LogP contribution in [0.2, 0.25) is 0 Å². The number of carbonyl (C=O) groups is 1. The molecule has 1 saturated heterocycles. The molecule has 1 amide bonds. The first-order valence-corrected chi connectivity index (χ1v) is 8.12. The smallest absolute Gasteiger partial charge is 0.241 e. The van der Waals surface area contributed by atoms with Gasteiger partial charge in [-0.1, -0.05) is 47.5 Å². The lowest BCUT2D eigenvalue weighted by atomic mass is 10.1. The van der Waals surface area contributed by atoms with E-state index in [9.17, 15) is 4.79 Å². The van der Waals surface area contributed by atoms with Crippen molar-refractivity contribution in [1.29, 1.82) is 0 Å². The van der Waals surface area contributed by atoms with Gasteiger partial charge < -0.3 is 0 Å². The molecule has 0 bridgehead atoms. The van der Waals surface area contributed by atoms with Gasteiger partial charge in [0.25, 0.3) is 0 Å². The van der Waals surface area contributed by atoms with E-state index in [2.05, 4.69) is 50.2 Å². The summed E-state index contributed by atoms with van der Waals surface area (Å²) in [6.07, 6.45) is 0. The molecule has 2 atom stereocenters. The van der Waals surface area contributed by atoms with E-state index in [-0.39, 0.29) is 16.5 Å². The van der Waals surface area contributed by atoms with Crippen LogP contribution < -0.4 is 4.90 Å². The van der Waals surface area contributed by atoms with Crippen LogP contribution in [0.3, 0.4) is 0 Å². The molecule has 0 spiro atoms. The SMILES string of the molecule is Cc1ccc([C@@H]2S[C@H](C)C(=O)N2c2ccc(C)cc2)cc1. The van der Waals surface area contributed by atoms with Crippen molar-refractivity contribution in [3.63, 3.8) is 0 Å². The summed E-state index contributed by atoms with van der Waals surface area (Å²) in [5, 5.41) is 0.0633. The minimum Gasteiger partial charge on any atom is -0.295 e. The van der Waals surface area contributed by atoms with Gasteiger partial charge in [-0.3, -0.25) is 9.69 Å². The minimum absolute atomic E-state index is 0.00222. The maximum absolute atomic E-state index is 12.5. The maximum Gasteiger partial charge on any atom is 0.241 e. The van der Waals surface area contributed by atoms with Gasteiger partial charge in [0, 0.05) is 5.69 Å². The summed E-state index contributed by atoms with van der Waals surface area (Å²) in [6.45, 7) is 6.13. The first kappa shape index (κ1) is 14.2. The highest BCUT2D eigenvalue weighted by Gasteiger charge is 2.39. The number of nitrogens with zero attached hydrogens (tertiary/aromatic N) is 1. The summed E-state index contributed by atoms with van der Waals surface area (Å²) < 4.78 is 0. The second-order valence-electron chi connectivity index (χ2n) is 5.59. The Hall–Kier alpha value is -1.74. The van der Waals surface area contributed by atoms with Crippen molar-refractivity contribution in [2.75, 3.05) is 4.90 Å². The number of amides is 1. The molecule has 0 N–H and O–H groups in total. The first-order chi connectivity index (χ1) is 10.1. The lowest BCUT2D eigenvalue weighted by Crippen LogP contribution is -2.30. The van der Waals surface area contributed by atoms with Gasteiger partial charge >= 0.3 is 0 Å². The number of thioether (sulfide) groups is 1. The third-order valence-corrected chi connectivity index (χ3v) is 5.18. The van der Waals surface area contributed by atoms with E-state index in [1.165, 1.54) is 16.7 Å². The van der Waals surface area contributed by atoms with Crippen molar-refractivity contribution >= 4 is 23.4 Å². The van der Waals surface area contributed by atoms with Crippen molar-refractivity contribution < 1.29 is 4.79 Å². The zero-order chi connectivity index (χ0) is 15.0. The molecular formula is C18H19NOS. The average molecular weight is 297 g/mol. The molecule has 108 valence electrons. The Bertz CT molecular complexity index is 648. The molecular weight excluding hydrogens is 278 g/mol. The van der Waals surface area contributed by atoms with Crippen molar-refractivity contribution in [2.45, 2.75) is 31.4 Å². The molecule has 0 aliphatic carbocycles. The van der Waals surface area contributed by atoms with Crippen molar-refractivity contribution in [3.05, 3.63) is 65.2 Å². The highest BCUT2D eigenvalue weighted by molar-refractivity contribution is 8.01. The number of anilines is 1. The number of hydrogen-bond donors (Lipinski definition) is 0. The third-order valence-electron chi connectivity index (χ3n) is 3.83. The fourth-order valence-corrected chi connectivity index (χ4v) is 3.83. The van der Waals surface area contributed by atoms with Crippen LogP contribution in [0.1, 0.15) is 29.0 Å². The number of carbonyl (C=O) groups excluding carboxylic acids is 1. The van der Waals surface area contributed by atoms with Crippen molar-refractivity contribution in [1.82, 2.24) is 0 Å². The van der Waals surface area contributed by atoms with Crippen LogP contribution in [-0.2, 0) is 4.79 Å². The van der Waals surface area contributed by atoms with Crippen LogP contribution in [-0.4, -0.2) is 11.2 Å². The third kappa shape index (κ3) is 2.70. The molecule has 0 aromatic heterocycles. The molecule has 3 rings (SSSR count). The Balaban J connectivity index is 2.00. The lowest BCUT2D eigenvalue weighted by molar-refractivity contribution is -0.117. The van der Waals surface area contributed by atoms with Crippen LogP contribution in [0.15, 0.2) is 48.5 Å². The molecule has 1 aliphatic heterocycles. The Morgan fingerprint density at radius 2 is 1.43 bits per heavy atom. The largest absolute Gasteiger partial charge is 0.295 e. The minimum atomic E-state index is -0.00222. The fraction of sp³-hybridized carbons (Fsp3) is 0.278. The van der Waals surface area contributed by atoms with Crippen LogP contribution >= 0.6 is 11.8 Å². The van der Waals surface area contributed by atoms with Gasteiger partial charge in [-0.2, -0.15) is 0 Å². The van der Waals surface area contributed by atoms with Crippen LogP contribution in [0.4, 0.5) is 5.69 Å². The van der Waals surface area contributed by atoms with Crippen LogP contribution in [0.5, 0.6) is 0 Å². The van der Waals surface area contributed by atoms with E-state index in [4.69, 9.17) is 0 Å². The molecule has 0 saturated carbocycles. The normalized spacial score (nSPS) is 21.9. The van der Waals surface area contributed by atoms with E-state index in [0.717, 1.165) is 5.69 Å². The second kappa shape index (κ2) is 5.57. The zero-order valence-corrected chi connectivity index (χ0v) is 13.4. The molecule has 3 heteroatoms. The summed E-state index contributed by atoms with van der Waals surface area (Å²) in [5.41, 5.74) is 4.61. The van der Waals surface area contributed by atoms with Crippen molar-refractivity contribution in [2.24, 2.45) is 0 Å². The number of aryl methyl sites for hydroxylation is 2. The van der Waals surface area contributed by atoms with Gasteiger partial charge in [0.05, 0.1) is 5.25 Å². The first-order valence-electron chi connectivity index (χ1n) is 7.18. The molecule has 2 aromatic rings. The van der Waals surface area contributed by atoms with Gasteiger partial charge in [-0.05, 0) is 38.5 Å². The van der Waals surface area contributed by atoms with Gasteiger partial charge in [0.2, 0.25) is 5.91 Å². The predicted molar refractivity (Wildman–Crippen MR) is 89.6 cm³/mol. The van der Waals surface area contributed by atoms with E-state index in [1.54, 1.807) is 11.8 Å². The van der Waals surface area contributed by atoms with E-state index in [0.29, 0.717) is 0 Å². The van der Waals surface area contributed by atoms with E-state index < -0.39 is 0 Å². The second-order valence-corrected chi connectivity index (χ2v) is 7.01. The Morgan fingerprint density at radius 1 is 0.905 bits per heavy atom. The standard InChI is InChI=1S/C18H19NOS/c1-12-4-8-15(9-5-12)18-19(17(20)14(3)21-18)16-10-6-13(2)7-11-16/h4-11,14,18H,1-3H3/t14-,18+/m1/s1. The summed E-state index contributed by atoms with van der Waals surface area (Å²) in [5.74, 6) is 0.189. The summed E-state index contributed by atoms with van der Waals surface area (Å²) in [6, 6.07) is 16.7. The summed E-state index contributed by atoms with van der Waals surface area (Å²) >= 11 is 1.72. The molecule has 1 fully saturated rings. The van der Waals surface area contributed by atoms with Gasteiger partial charge in [0.1, 0.15) is 5.37 Å². The van der Waals surface area contributed by atoms with Gasteiger partial charge in [0.15, 0.2) is 0 Å². The summed E-state index contributed by atoms with van der Waals surface area (Å²) in [7, 11) is 0. The van der Waals surface area contributed by atoms with Crippen LogP contribution in [0, 0.1) is 13.8 Å². The highest BCUT2D eigenvalue weighted by Crippen LogP contribution is 2.45. The molecule has 0 radical (unpaired) electrons. The summed E-state index contributed by atoms with van der Waals surface area (Å²) in [4.78, 5) is 14.5. The Kier molecular flexibility index (Phi) is 3.77. The van der Waals surface area contributed by atoms with Crippen LogP contribution in [0.25, 0.3) is 0 Å². The average Bonchev–Trinajstić information content (AvgIpc) is 2.77. The Labute approximate surface area is 130 Å². The quantitative estimate of drug-likeness (QED) is 0.815. The number of benzene rings is 2. The lowest BCUT2D eigenvalue weighted by Gasteiger charge is -2.24. The highest BCUT2D eigenvalue weighted by atomic mass is 32.2. The zero-order valence-electron chi connectivity index (χ0n) is 12.5. The van der Waals surface area contributed by atoms with E-state index in [1.807, 2.05) is 24.0 Å². The van der Waals surface area contributed by atoms with E-state index >= 15 is 0 Å². The molecule has 1 aliphatic rings. The topological polar surface area (TPSA) is 20.3 Å². The van der Waals surface area contributed by atoms with Crippen molar-refractivity contribution in [3.8, 4) is 0 Å². The van der Waals surface area contributed by atoms with Gasteiger partial charge in [-0.15, -0.1) is 11.8 Å². The molecule has 0 unspecified atom stereocenters.